The van der Waals surface area contributed by atoms with E-state index in [0.717, 1.165) is 11.3 Å². The van der Waals surface area contributed by atoms with Gasteiger partial charge in [0.1, 0.15) is 11.8 Å². The number of amides is 2. The molecule has 0 saturated carbocycles. The van der Waals surface area contributed by atoms with E-state index in [4.69, 9.17) is 9.47 Å². The fraction of sp³-hybridized carbons (Fsp3) is 0.412. The van der Waals surface area contributed by atoms with Crippen LogP contribution in [0, 0.1) is 0 Å². The number of ether oxygens (including phenoxy) is 2. The second kappa shape index (κ2) is 8.33. The smallest absolute Gasteiger partial charge is 0.245 e. The summed E-state index contributed by atoms with van der Waals surface area (Å²) >= 11 is 0. The van der Waals surface area contributed by atoms with Crippen LogP contribution in [0.2, 0.25) is 0 Å². The van der Waals surface area contributed by atoms with Crippen molar-refractivity contribution >= 4 is 17.9 Å². The highest BCUT2D eigenvalue weighted by Gasteiger charge is 2.22. The summed E-state index contributed by atoms with van der Waals surface area (Å²) < 4.78 is 10.3. The zero-order valence-corrected chi connectivity index (χ0v) is 13.5. The van der Waals surface area contributed by atoms with Gasteiger partial charge in [0.05, 0.1) is 20.3 Å². The van der Waals surface area contributed by atoms with Gasteiger partial charge in [-0.25, -0.2) is 0 Å². The van der Waals surface area contributed by atoms with Crippen molar-refractivity contribution in [1.29, 1.82) is 0 Å². The molecule has 1 saturated heterocycles. The number of benzene rings is 1. The molecule has 6 heteroatoms. The van der Waals surface area contributed by atoms with Crippen molar-refractivity contribution in [3.8, 4) is 5.75 Å². The van der Waals surface area contributed by atoms with E-state index in [1.165, 1.54) is 6.08 Å². The minimum Gasteiger partial charge on any atom is -0.497 e. The number of morpholine rings is 1. The molecule has 1 aromatic rings. The summed E-state index contributed by atoms with van der Waals surface area (Å²) in [6.45, 7) is 3.91. The van der Waals surface area contributed by atoms with E-state index < -0.39 is 6.04 Å². The highest BCUT2D eigenvalue weighted by Crippen LogP contribution is 2.13. The molecule has 0 radical (unpaired) electrons. The van der Waals surface area contributed by atoms with Gasteiger partial charge in [-0.3, -0.25) is 9.59 Å². The number of hydrogen-bond donors (Lipinski definition) is 1. The van der Waals surface area contributed by atoms with Gasteiger partial charge in [0.25, 0.3) is 0 Å². The molecule has 0 aliphatic carbocycles. The summed E-state index contributed by atoms with van der Waals surface area (Å²) in [5.41, 5.74) is 0.853. The van der Waals surface area contributed by atoms with Gasteiger partial charge in [-0.15, -0.1) is 0 Å². The Balaban J connectivity index is 1.87. The van der Waals surface area contributed by atoms with Gasteiger partial charge in [-0.1, -0.05) is 12.1 Å². The van der Waals surface area contributed by atoms with Crippen molar-refractivity contribution in [3.63, 3.8) is 0 Å². The average Bonchev–Trinajstić information content (AvgIpc) is 2.60. The van der Waals surface area contributed by atoms with Crippen LogP contribution in [0.25, 0.3) is 6.08 Å². The van der Waals surface area contributed by atoms with Crippen LogP contribution in [0.3, 0.4) is 0 Å². The van der Waals surface area contributed by atoms with E-state index in [2.05, 4.69) is 5.32 Å². The van der Waals surface area contributed by atoms with Crippen molar-refractivity contribution in [2.45, 2.75) is 13.0 Å². The highest BCUT2D eigenvalue weighted by molar-refractivity contribution is 5.95. The first-order valence-corrected chi connectivity index (χ1v) is 7.59. The maximum Gasteiger partial charge on any atom is 0.245 e. The maximum atomic E-state index is 12.2. The molecule has 2 amide bonds. The van der Waals surface area contributed by atoms with E-state index in [9.17, 15) is 9.59 Å². The van der Waals surface area contributed by atoms with Gasteiger partial charge in [-0.05, 0) is 30.7 Å². The molecule has 6 nitrogen and oxygen atoms in total. The Labute approximate surface area is 136 Å². The van der Waals surface area contributed by atoms with E-state index in [-0.39, 0.29) is 11.8 Å². The molecule has 1 atom stereocenters. The second-order valence-electron chi connectivity index (χ2n) is 5.28. The Morgan fingerprint density at radius 2 is 2.09 bits per heavy atom. The third kappa shape index (κ3) is 5.10. The number of carbonyl (C=O) groups excluding carboxylic acids is 2. The van der Waals surface area contributed by atoms with Crippen LogP contribution in [0.1, 0.15) is 12.5 Å². The van der Waals surface area contributed by atoms with Crippen LogP contribution < -0.4 is 10.1 Å². The molecule has 0 aromatic heterocycles. The Kier molecular flexibility index (Phi) is 6.17. The Morgan fingerprint density at radius 1 is 1.35 bits per heavy atom. The minimum absolute atomic E-state index is 0.0866. The zero-order chi connectivity index (χ0) is 16.7. The van der Waals surface area contributed by atoms with Gasteiger partial charge >= 0.3 is 0 Å². The number of nitrogens with one attached hydrogen (secondary N) is 1. The molecule has 0 spiro atoms. The number of nitrogens with zero attached hydrogens (tertiary/aromatic N) is 1. The number of rotatable bonds is 5. The molecule has 1 unspecified atom stereocenters. The van der Waals surface area contributed by atoms with Gasteiger partial charge in [-0.2, -0.15) is 0 Å². The predicted octanol–water partition coefficient (Wildman–Crippen LogP) is 1.07. The van der Waals surface area contributed by atoms with E-state index >= 15 is 0 Å². The van der Waals surface area contributed by atoms with Crippen LogP contribution in [0.15, 0.2) is 30.3 Å². The van der Waals surface area contributed by atoms with Crippen LogP contribution in [-0.4, -0.2) is 56.2 Å². The normalized spacial score (nSPS) is 16.2. The molecule has 1 aliphatic rings. The monoisotopic (exact) mass is 318 g/mol. The molecule has 0 bridgehead atoms. The molecule has 1 heterocycles. The molecular weight excluding hydrogens is 296 g/mol. The van der Waals surface area contributed by atoms with Crippen LogP contribution in [0.4, 0.5) is 0 Å². The van der Waals surface area contributed by atoms with Crippen molar-refractivity contribution in [1.82, 2.24) is 10.2 Å². The summed E-state index contributed by atoms with van der Waals surface area (Å²) in [5.74, 6) is 0.335. The SMILES string of the molecule is COc1cccc(/C=C/C(=O)NC(C)C(=O)N2CCOCC2)c1. The highest BCUT2D eigenvalue weighted by atomic mass is 16.5. The zero-order valence-electron chi connectivity index (χ0n) is 13.5. The predicted molar refractivity (Wildman–Crippen MR) is 87.0 cm³/mol. The lowest BCUT2D eigenvalue weighted by Crippen LogP contribution is -2.50. The van der Waals surface area contributed by atoms with Crippen molar-refractivity contribution in [2.24, 2.45) is 0 Å². The minimum atomic E-state index is -0.560. The lowest BCUT2D eigenvalue weighted by Gasteiger charge is -2.29. The third-order valence-corrected chi connectivity index (χ3v) is 3.57. The number of methoxy groups -OCH3 is 1. The van der Waals surface area contributed by atoms with Gasteiger partial charge < -0.3 is 19.7 Å². The maximum absolute atomic E-state index is 12.2. The molecule has 1 aromatic carbocycles. The lowest BCUT2D eigenvalue weighted by atomic mass is 10.2. The molecule has 1 fully saturated rings. The Bertz CT molecular complexity index is 580. The Hall–Kier alpha value is -2.34. The Morgan fingerprint density at radius 3 is 2.78 bits per heavy atom. The van der Waals surface area contributed by atoms with Crippen LogP contribution in [-0.2, 0) is 14.3 Å². The number of hydrogen-bond acceptors (Lipinski definition) is 4. The largest absolute Gasteiger partial charge is 0.497 e. The average molecular weight is 318 g/mol. The molecule has 124 valence electrons. The van der Waals surface area contributed by atoms with Gasteiger partial charge in [0, 0.05) is 19.2 Å². The van der Waals surface area contributed by atoms with E-state index in [1.54, 1.807) is 25.0 Å². The first-order chi connectivity index (χ1) is 11.1. The van der Waals surface area contributed by atoms with Crippen molar-refractivity contribution in [2.75, 3.05) is 33.4 Å². The van der Waals surface area contributed by atoms with E-state index in [0.29, 0.717) is 26.3 Å². The second-order valence-corrected chi connectivity index (χ2v) is 5.28. The molecule has 2 rings (SSSR count). The summed E-state index contributed by atoms with van der Waals surface area (Å²) in [6, 6.07) is 6.82. The number of carbonyl (C=O) groups is 2. The molecule has 23 heavy (non-hydrogen) atoms. The topological polar surface area (TPSA) is 67.9 Å². The molecular formula is C17H22N2O4. The standard InChI is InChI=1S/C17H22N2O4/c1-13(17(21)19-8-10-23-11-9-19)18-16(20)7-6-14-4-3-5-15(12-14)22-2/h3-7,12-13H,8-11H2,1-2H3,(H,18,20)/b7-6+. The fourth-order valence-corrected chi connectivity index (χ4v) is 2.30. The third-order valence-electron chi connectivity index (χ3n) is 3.57. The van der Waals surface area contributed by atoms with E-state index in [1.807, 2.05) is 24.3 Å². The quantitative estimate of drug-likeness (QED) is 0.825. The van der Waals surface area contributed by atoms with Crippen molar-refractivity contribution < 1.29 is 19.1 Å². The fourth-order valence-electron chi connectivity index (χ4n) is 2.30. The summed E-state index contributed by atoms with van der Waals surface area (Å²) in [4.78, 5) is 25.9. The van der Waals surface area contributed by atoms with Crippen molar-refractivity contribution in [3.05, 3.63) is 35.9 Å². The van der Waals surface area contributed by atoms with Crippen LogP contribution >= 0.6 is 0 Å². The van der Waals surface area contributed by atoms with Crippen LogP contribution in [0.5, 0.6) is 5.75 Å². The summed E-state index contributed by atoms with van der Waals surface area (Å²) in [6.07, 6.45) is 3.10. The first kappa shape index (κ1) is 17.0. The van der Waals surface area contributed by atoms with Gasteiger partial charge in [0.15, 0.2) is 0 Å². The molecule has 1 N–H and O–H groups in total. The lowest BCUT2D eigenvalue weighted by molar-refractivity contribution is -0.138. The van der Waals surface area contributed by atoms with Gasteiger partial charge in [0.2, 0.25) is 11.8 Å². The molecule has 1 aliphatic heterocycles. The first-order valence-electron chi connectivity index (χ1n) is 7.59. The summed E-state index contributed by atoms with van der Waals surface area (Å²) in [5, 5.41) is 2.69. The summed E-state index contributed by atoms with van der Waals surface area (Å²) in [7, 11) is 1.59.